The summed E-state index contributed by atoms with van der Waals surface area (Å²) in [6.07, 6.45) is 3.19. The number of fused-ring (bicyclic) bond motifs is 1. The predicted molar refractivity (Wildman–Crippen MR) is 109 cm³/mol. The summed E-state index contributed by atoms with van der Waals surface area (Å²) in [6, 6.07) is 1.76. The molecule has 2 aliphatic heterocycles. The molecule has 2 saturated heterocycles. The van der Waals surface area contributed by atoms with Crippen molar-refractivity contribution in [3.8, 4) is 11.5 Å². The van der Waals surface area contributed by atoms with Gasteiger partial charge in [0.05, 0.1) is 18.6 Å². The van der Waals surface area contributed by atoms with Crippen LogP contribution in [0, 0.1) is 5.41 Å². The molecule has 0 aromatic carbocycles. The van der Waals surface area contributed by atoms with Gasteiger partial charge in [-0.25, -0.2) is 32.7 Å². The van der Waals surface area contributed by atoms with Crippen LogP contribution in [0.3, 0.4) is 0 Å². The van der Waals surface area contributed by atoms with Gasteiger partial charge in [0.15, 0.2) is 17.2 Å². The van der Waals surface area contributed by atoms with E-state index in [4.69, 9.17) is 0 Å². The van der Waals surface area contributed by atoms with Gasteiger partial charge in [-0.05, 0) is 18.9 Å². The molecule has 0 bridgehead atoms. The van der Waals surface area contributed by atoms with Crippen LogP contribution in [0.4, 0.5) is 19.0 Å². The zero-order valence-electron chi connectivity index (χ0n) is 17.1. The minimum absolute atomic E-state index is 0.0584. The van der Waals surface area contributed by atoms with Crippen LogP contribution >= 0.6 is 0 Å². The van der Waals surface area contributed by atoms with E-state index in [2.05, 4.69) is 24.8 Å². The molecule has 0 saturated carbocycles. The number of aromatic nitrogens is 5. The van der Waals surface area contributed by atoms with Crippen molar-refractivity contribution >= 4 is 21.5 Å². The highest BCUT2D eigenvalue weighted by atomic mass is 32.2. The van der Waals surface area contributed by atoms with E-state index in [9.17, 15) is 21.6 Å². The largest absolute Gasteiger partial charge is 0.434 e. The summed E-state index contributed by atoms with van der Waals surface area (Å²) >= 11 is 0. The van der Waals surface area contributed by atoms with E-state index in [1.165, 1.54) is 21.2 Å². The van der Waals surface area contributed by atoms with Crippen LogP contribution in [0.5, 0.6) is 0 Å². The Bertz CT molecular complexity index is 1280. The maximum Gasteiger partial charge on any atom is 0.434 e. The first-order valence-electron chi connectivity index (χ1n) is 9.98. The maximum absolute atomic E-state index is 13.1. The van der Waals surface area contributed by atoms with Gasteiger partial charge >= 0.3 is 6.18 Å². The Morgan fingerprint density at radius 2 is 1.78 bits per heavy atom. The maximum atomic E-state index is 13.1. The Labute approximate surface area is 182 Å². The van der Waals surface area contributed by atoms with Crippen molar-refractivity contribution in [2.75, 3.05) is 37.3 Å². The van der Waals surface area contributed by atoms with E-state index in [1.54, 1.807) is 12.3 Å². The number of halogens is 3. The molecule has 3 aromatic heterocycles. The Kier molecular flexibility index (Phi) is 4.68. The van der Waals surface area contributed by atoms with Crippen molar-refractivity contribution in [2.24, 2.45) is 5.41 Å². The number of rotatable bonds is 3. The summed E-state index contributed by atoms with van der Waals surface area (Å²) in [5.74, 6) is 0.938. The van der Waals surface area contributed by atoms with Crippen molar-refractivity contribution in [1.82, 2.24) is 28.6 Å². The lowest BCUT2D eigenvalue weighted by molar-refractivity contribution is -0.141. The van der Waals surface area contributed by atoms with Crippen molar-refractivity contribution in [3.63, 3.8) is 0 Å². The van der Waals surface area contributed by atoms with Crippen LogP contribution in [-0.2, 0) is 16.2 Å². The van der Waals surface area contributed by atoms with Crippen LogP contribution in [0.1, 0.15) is 18.5 Å². The van der Waals surface area contributed by atoms with Crippen LogP contribution in [0.15, 0.2) is 30.9 Å². The first-order valence-corrected chi connectivity index (χ1v) is 11.8. The number of alkyl halides is 3. The summed E-state index contributed by atoms with van der Waals surface area (Å²) in [6.45, 7) is 2.52. The van der Waals surface area contributed by atoms with E-state index in [0.717, 1.165) is 38.3 Å². The second-order valence-electron chi connectivity index (χ2n) is 8.40. The monoisotopic (exact) mass is 467 g/mol. The molecule has 5 heterocycles. The number of imidazole rings is 1. The lowest BCUT2D eigenvalue weighted by Crippen LogP contribution is -2.61. The highest BCUT2D eigenvalue weighted by Gasteiger charge is 2.46. The van der Waals surface area contributed by atoms with Gasteiger partial charge in [-0.2, -0.15) is 13.2 Å². The van der Waals surface area contributed by atoms with Gasteiger partial charge in [-0.3, -0.25) is 4.40 Å². The van der Waals surface area contributed by atoms with Gasteiger partial charge < -0.3 is 4.90 Å². The molecule has 0 aliphatic carbocycles. The van der Waals surface area contributed by atoms with Gasteiger partial charge in [-0.15, -0.1) is 0 Å². The smallest absolute Gasteiger partial charge is 0.355 e. The lowest BCUT2D eigenvalue weighted by atomic mass is 9.72. The third kappa shape index (κ3) is 3.68. The van der Waals surface area contributed by atoms with Crippen LogP contribution < -0.4 is 4.90 Å². The van der Waals surface area contributed by atoms with Crippen molar-refractivity contribution in [3.05, 3.63) is 36.5 Å². The minimum atomic E-state index is -4.57. The third-order valence-corrected chi connectivity index (χ3v) is 7.49. The van der Waals surface area contributed by atoms with E-state index in [-0.39, 0.29) is 16.9 Å². The molecule has 32 heavy (non-hydrogen) atoms. The molecular weight excluding hydrogens is 447 g/mol. The molecule has 0 unspecified atom stereocenters. The second kappa shape index (κ2) is 7.10. The number of nitrogens with zero attached hydrogens (tertiary/aromatic N) is 7. The topological polar surface area (TPSA) is 96.6 Å². The first-order chi connectivity index (χ1) is 15.0. The molecule has 0 atom stereocenters. The number of piperidine rings is 1. The number of anilines is 1. The molecule has 2 aliphatic rings. The Morgan fingerprint density at radius 3 is 2.44 bits per heavy atom. The van der Waals surface area contributed by atoms with Crippen LogP contribution in [0.25, 0.3) is 17.2 Å². The molecular formula is C19H20F3N7O2S. The molecule has 3 aromatic rings. The third-order valence-electron chi connectivity index (χ3n) is 6.18. The minimum Gasteiger partial charge on any atom is -0.355 e. The van der Waals surface area contributed by atoms with Crippen molar-refractivity contribution < 1.29 is 21.6 Å². The standard InChI is InChI=1S/C19H20F3N7O2S/c1-32(30,31)28-6-3-18(4-7-28)11-27(12-18)15-2-5-23-17(26-15)13-8-25-16-9-24-14(10-29(13)16)19(20,21)22/h2,5,8-10H,3-4,6-7,11-12H2,1H3. The fourth-order valence-corrected chi connectivity index (χ4v) is 5.23. The molecule has 0 N–H and O–H groups in total. The first kappa shape index (κ1) is 21.1. The van der Waals surface area contributed by atoms with E-state index in [0.29, 0.717) is 24.6 Å². The van der Waals surface area contributed by atoms with Gasteiger partial charge in [0.25, 0.3) is 0 Å². The molecule has 9 nitrogen and oxygen atoms in total. The van der Waals surface area contributed by atoms with Crippen molar-refractivity contribution in [2.45, 2.75) is 19.0 Å². The Balaban J connectivity index is 1.36. The van der Waals surface area contributed by atoms with Crippen LogP contribution in [-0.4, -0.2) is 69.5 Å². The van der Waals surface area contributed by atoms with E-state index in [1.807, 2.05) is 0 Å². The van der Waals surface area contributed by atoms with Gasteiger partial charge in [-0.1, -0.05) is 0 Å². The Morgan fingerprint density at radius 1 is 1.06 bits per heavy atom. The normalized spacial score (nSPS) is 19.4. The SMILES string of the molecule is CS(=O)(=O)N1CCC2(CC1)CN(c1ccnc(-c3cnc4cnc(C(F)(F)F)cn34)n1)C2. The molecule has 13 heteroatoms. The average molecular weight is 467 g/mol. The second-order valence-corrected chi connectivity index (χ2v) is 10.4. The van der Waals surface area contributed by atoms with Gasteiger partial charge in [0.2, 0.25) is 10.0 Å². The average Bonchev–Trinajstić information content (AvgIpc) is 3.14. The molecule has 0 amide bonds. The summed E-state index contributed by atoms with van der Waals surface area (Å²) < 4.78 is 65.5. The molecule has 5 rings (SSSR count). The predicted octanol–water partition coefficient (Wildman–Crippen LogP) is 2.07. The van der Waals surface area contributed by atoms with Crippen LogP contribution in [0.2, 0.25) is 0 Å². The fraction of sp³-hybridized carbons (Fsp3) is 0.474. The summed E-state index contributed by atoms with van der Waals surface area (Å²) in [5, 5.41) is 0. The molecule has 0 radical (unpaired) electrons. The number of hydrogen-bond acceptors (Lipinski definition) is 7. The molecule has 1 spiro atoms. The number of hydrogen-bond donors (Lipinski definition) is 0. The van der Waals surface area contributed by atoms with E-state index >= 15 is 0 Å². The summed E-state index contributed by atoms with van der Waals surface area (Å²) in [4.78, 5) is 18.4. The number of sulfonamides is 1. The lowest BCUT2D eigenvalue weighted by Gasteiger charge is -2.54. The zero-order chi connectivity index (χ0) is 22.7. The summed E-state index contributed by atoms with van der Waals surface area (Å²) in [5.41, 5.74) is -0.359. The fourth-order valence-electron chi connectivity index (χ4n) is 4.38. The summed E-state index contributed by atoms with van der Waals surface area (Å²) in [7, 11) is -3.17. The highest BCUT2D eigenvalue weighted by Crippen LogP contribution is 2.42. The van der Waals surface area contributed by atoms with Gasteiger partial charge in [0, 0.05) is 44.0 Å². The zero-order valence-corrected chi connectivity index (χ0v) is 17.9. The molecule has 170 valence electrons. The van der Waals surface area contributed by atoms with E-state index < -0.39 is 21.9 Å². The van der Waals surface area contributed by atoms with Crippen molar-refractivity contribution in [1.29, 1.82) is 0 Å². The highest BCUT2D eigenvalue weighted by molar-refractivity contribution is 7.88. The van der Waals surface area contributed by atoms with Gasteiger partial charge in [0.1, 0.15) is 11.5 Å². The Hall–Kier alpha value is -2.80. The quantitative estimate of drug-likeness (QED) is 0.582. The molecule has 2 fully saturated rings.